The van der Waals surface area contributed by atoms with E-state index in [-0.39, 0.29) is 18.2 Å². The van der Waals surface area contributed by atoms with Crippen molar-refractivity contribution in [2.45, 2.75) is 20.1 Å². The summed E-state index contributed by atoms with van der Waals surface area (Å²) in [6, 6.07) is 14.5. The highest BCUT2D eigenvalue weighted by Crippen LogP contribution is 2.25. The van der Waals surface area contributed by atoms with Gasteiger partial charge < -0.3 is 14.6 Å². The minimum atomic E-state index is -0.388. The van der Waals surface area contributed by atoms with Crippen molar-refractivity contribution in [3.05, 3.63) is 93.6 Å². The first-order valence-electron chi connectivity index (χ1n) is 9.40. The largest absolute Gasteiger partial charge is 0.487 e. The van der Waals surface area contributed by atoms with Crippen LogP contribution in [0, 0.1) is 6.92 Å². The Bertz CT molecular complexity index is 1200. The Kier molecular flexibility index (Phi) is 6.25. The highest BCUT2D eigenvalue weighted by atomic mass is 35.5. The fraction of sp³-hybridized carbons (Fsp3) is 0.136. The zero-order valence-corrected chi connectivity index (χ0v) is 18.0. The number of amides is 1. The van der Waals surface area contributed by atoms with Crippen LogP contribution in [-0.2, 0) is 13.2 Å². The summed E-state index contributed by atoms with van der Waals surface area (Å²) in [4.78, 5) is 12.8. The lowest BCUT2D eigenvalue weighted by atomic mass is 10.1. The van der Waals surface area contributed by atoms with E-state index in [1.165, 1.54) is 0 Å². The average Bonchev–Trinajstić information content (AvgIpc) is 3.34. The SMILES string of the molecule is Cc1onc(C(=O)Nc2ccc(Cn3cc(Cl)cn3)cc2)c1COc1ccccc1Cl. The molecule has 0 spiro atoms. The molecule has 4 aromatic rings. The summed E-state index contributed by atoms with van der Waals surface area (Å²) >= 11 is 12.0. The van der Waals surface area contributed by atoms with E-state index >= 15 is 0 Å². The summed E-state index contributed by atoms with van der Waals surface area (Å²) in [7, 11) is 0. The quantitative estimate of drug-likeness (QED) is 0.404. The lowest BCUT2D eigenvalue weighted by Gasteiger charge is -2.09. The molecule has 0 aliphatic carbocycles. The molecule has 31 heavy (non-hydrogen) atoms. The van der Waals surface area contributed by atoms with E-state index in [0.717, 1.165) is 5.56 Å². The van der Waals surface area contributed by atoms with Crippen molar-refractivity contribution in [2.24, 2.45) is 0 Å². The number of rotatable bonds is 7. The van der Waals surface area contributed by atoms with Gasteiger partial charge in [-0.25, -0.2) is 0 Å². The third-order valence-electron chi connectivity index (χ3n) is 4.57. The van der Waals surface area contributed by atoms with Gasteiger partial charge in [-0.2, -0.15) is 5.10 Å². The molecule has 1 amide bonds. The molecule has 0 atom stereocenters. The van der Waals surface area contributed by atoms with E-state index in [1.54, 1.807) is 36.1 Å². The first-order valence-corrected chi connectivity index (χ1v) is 10.2. The van der Waals surface area contributed by atoms with Crippen LogP contribution in [0.3, 0.4) is 0 Å². The molecule has 7 nitrogen and oxygen atoms in total. The molecule has 2 aromatic heterocycles. The zero-order chi connectivity index (χ0) is 21.8. The van der Waals surface area contributed by atoms with Crippen molar-refractivity contribution in [1.29, 1.82) is 0 Å². The molecule has 0 radical (unpaired) electrons. The number of para-hydroxylation sites is 1. The van der Waals surface area contributed by atoms with Crippen LogP contribution in [0.15, 0.2) is 65.4 Å². The van der Waals surface area contributed by atoms with Crippen LogP contribution >= 0.6 is 23.2 Å². The zero-order valence-electron chi connectivity index (χ0n) is 16.5. The standard InChI is InChI=1S/C22H18Cl2N4O3/c1-14-18(13-30-20-5-3-2-4-19(20)24)21(27-31-14)22(29)26-17-8-6-15(7-9-17)11-28-12-16(23)10-25-28/h2-10,12H,11,13H2,1H3,(H,26,29). The average molecular weight is 457 g/mol. The minimum absolute atomic E-state index is 0.104. The van der Waals surface area contributed by atoms with Crippen molar-refractivity contribution >= 4 is 34.8 Å². The third kappa shape index (κ3) is 5.07. The van der Waals surface area contributed by atoms with Gasteiger partial charge in [-0.1, -0.05) is 52.6 Å². The number of nitrogens with zero attached hydrogens (tertiary/aromatic N) is 3. The summed E-state index contributed by atoms with van der Waals surface area (Å²) in [6.45, 7) is 2.41. The number of benzene rings is 2. The number of nitrogens with one attached hydrogen (secondary N) is 1. The number of hydrogen-bond acceptors (Lipinski definition) is 5. The maximum atomic E-state index is 12.8. The van der Waals surface area contributed by atoms with Gasteiger partial charge in [0.15, 0.2) is 5.69 Å². The van der Waals surface area contributed by atoms with Crippen LogP contribution in [0.2, 0.25) is 10.0 Å². The molecule has 0 fully saturated rings. The normalized spacial score (nSPS) is 10.8. The highest BCUT2D eigenvalue weighted by molar-refractivity contribution is 6.32. The van der Waals surface area contributed by atoms with E-state index in [2.05, 4.69) is 15.6 Å². The molecule has 4 rings (SSSR count). The first kappa shape index (κ1) is 21.0. The Hall–Kier alpha value is -3.29. The number of ether oxygens (including phenoxy) is 1. The van der Waals surface area contributed by atoms with E-state index in [0.29, 0.717) is 39.4 Å². The van der Waals surface area contributed by atoms with Gasteiger partial charge in [-0.15, -0.1) is 0 Å². The predicted molar refractivity (Wildman–Crippen MR) is 118 cm³/mol. The van der Waals surface area contributed by atoms with Crippen molar-refractivity contribution in [3.63, 3.8) is 0 Å². The highest BCUT2D eigenvalue weighted by Gasteiger charge is 2.21. The molecule has 0 saturated heterocycles. The summed E-state index contributed by atoms with van der Waals surface area (Å²) in [5.74, 6) is 0.636. The fourth-order valence-corrected chi connectivity index (χ4v) is 3.29. The number of anilines is 1. The van der Waals surface area contributed by atoms with Gasteiger partial charge in [0.1, 0.15) is 18.1 Å². The second-order valence-electron chi connectivity index (χ2n) is 6.79. The van der Waals surface area contributed by atoms with Crippen molar-refractivity contribution in [1.82, 2.24) is 14.9 Å². The molecule has 0 bridgehead atoms. The van der Waals surface area contributed by atoms with E-state index < -0.39 is 0 Å². The Balaban J connectivity index is 1.42. The molecule has 1 N–H and O–H groups in total. The van der Waals surface area contributed by atoms with E-state index in [9.17, 15) is 4.79 Å². The number of hydrogen-bond donors (Lipinski definition) is 1. The second-order valence-corrected chi connectivity index (χ2v) is 7.64. The molecule has 2 heterocycles. The monoisotopic (exact) mass is 456 g/mol. The van der Waals surface area contributed by atoms with Gasteiger partial charge in [0.2, 0.25) is 0 Å². The van der Waals surface area contributed by atoms with Gasteiger partial charge in [0, 0.05) is 11.9 Å². The topological polar surface area (TPSA) is 82.2 Å². The number of carbonyl (C=O) groups excluding carboxylic acids is 1. The lowest BCUT2D eigenvalue weighted by molar-refractivity contribution is 0.101. The van der Waals surface area contributed by atoms with Crippen LogP contribution < -0.4 is 10.1 Å². The van der Waals surface area contributed by atoms with Crippen LogP contribution in [0.25, 0.3) is 0 Å². The Morgan fingerprint density at radius 3 is 2.65 bits per heavy atom. The number of aromatic nitrogens is 3. The van der Waals surface area contributed by atoms with Crippen LogP contribution in [0.4, 0.5) is 5.69 Å². The van der Waals surface area contributed by atoms with E-state index in [1.807, 2.05) is 36.4 Å². The van der Waals surface area contributed by atoms with Crippen molar-refractivity contribution in [2.75, 3.05) is 5.32 Å². The Morgan fingerprint density at radius 1 is 1.16 bits per heavy atom. The van der Waals surface area contributed by atoms with Crippen LogP contribution in [0.1, 0.15) is 27.4 Å². The molecule has 0 aliphatic heterocycles. The smallest absolute Gasteiger partial charge is 0.278 e. The molecule has 0 aliphatic rings. The summed E-state index contributed by atoms with van der Waals surface area (Å²) in [5, 5.41) is 12.0. The molecule has 9 heteroatoms. The first-order chi connectivity index (χ1) is 15.0. The fourth-order valence-electron chi connectivity index (χ4n) is 2.95. The van der Waals surface area contributed by atoms with Crippen LogP contribution in [-0.4, -0.2) is 20.8 Å². The van der Waals surface area contributed by atoms with Gasteiger partial charge in [-0.05, 0) is 36.8 Å². The van der Waals surface area contributed by atoms with Gasteiger partial charge >= 0.3 is 0 Å². The lowest BCUT2D eigenvalue weighted by Crippen LogP contribution is -2.15. The maximum Gasteiger partial charge on any atom is 0.278 e. The molecule has 0 saturated carbocycles. The molecular formula is C22H18Cl2N4O3. The Labute approximate surface area is 188 Å². The van der Waals surface area contributed by atoms with Crippen LogP contribution in [0.5, 0.6) is 5.75 Å². The van der Waals surface area contributed by atoms with Gasteiger partial charge in [-0.3, -0.25) is 9.48 Å². The maximum absolute atomic E-state index is 12.8. The minimum Gasteiger partial charge on any atom is -0.487 e. The molecule has 2 aromatic carbocycles. The molecule has 0 unspecified atom stereocenters. The number of carbonyl (C=O) groups is 1. The molecular weight excluding hydrogens is 439 g/mol. The third-order valence-corrected chi connectivity index (χ3v) is 5.07. The predicted octanol–water partition coefficient (Wildman–Crippen LogP) is 5.37. The Morgan fingerprint density at radius 2 is 1.94 bits per heavy atom. The van der Waals surface area contributed by atoms with Crippen molar-refractivity contribution in [3.8, 4) is 5.75 Å². The summed E-state index contributed by atoms with van der Waals surface area (Å²) in [5.41, 5.74) is 2.37. The van der Waals surface area contributed by atoms with Gasteiger partial charge in [0.05, 0.1) is 28.4 Å². The van der Waals surface area contributed by atoms with Crippen molar-refractivity contribution < 1.29 is 14.1 Å². The summed E-state index contributed by atoms with van der Waals surface area (Å²) in [6.07, 6.45) is 3.33. The van der Waals surface area contributed by atoms with E-state index in [4.69, 9.17) is 32.5 Å². The molecule has 158 valence electrons. The second kappa shape index (κ2) is 9.24. The number of halogens is 2. The number of aryl methyl sites for hydroxylation is 1. The van der Waals surface area contributed by atoms with Gasteiger partial charge in [0.25, 0.3) is 5.91 Å². The summed E-state index contributed by atoms with van der Waals surface area (Å²) < 4.78 is 12.7.